The highest BCUT2D eigenvalue weighted by molar-refractivity contribution is 7.12. The molecule has 1 amide bonds. The standard InChI is InChI=1S/C18H24N4O2S/c1-13-15(8-20(2)19-13)9-21-6-14-7-22(16(10-21)12-24-11-14)18(23)17-4-3-5-25-17/h3-5,8,14,16H,6-7,9-12H2,1-2H3/t14-,16-/m0/s1. The lowest BCUT2D eigenvalue weighted by Crippen LogP contribution is -2.46. The minimum Gasteiger partial charge on any atom is -0.379 e. The highest BCUT2D eigenvalue weighted by Gasteiger charge is 2.36. The Morgan fingerprint density at radius 3 is 2.96 bits per heavy atom. The number of aromatic nitrogens is 2. The van der Waals surface area contributed by atoms with Gasteiger partial charge in [0.15, 0.2) is 0 Å². The zero-order chi connectivity index (χ0) is 17.4. The van der Waals surface area contributed by atoms with Gasteiger partial charge in [-0.3, -0.25) is 14.4 Å². The summed E-state index contributed by atoms with van der Waals surface area (Å²) in [6.45, 7) is 6.88. The van der Waals surface area contributed by atoms with Gasteiger partial charge >= 0.3 is 0 Å². The Hall–Kier alpha value is -1.70. The van der Waals surface area contributed by atoms with Crippen LogP contribution < -0.4 is 0 Å². The highest BCUT2D eigenvalue weighted by Crippen LogP contribution is 2.24. The number of thiophene rings is 1. The van der Waals surface area contributed by atoms with Crippen molar-refractivity contribution in [3.63, 3.8) is 0 Å². The summed E-state index contributed by atoms with van der Waals surface area (Å²) in [4.78, 5) is 18.3. The number of hydrogen-bond donors (Lipinski definition) is 0. The smallest absolute Gasteiger partial charge is 0.264 e. The van der Waals surface area contributed by atoms with Crippen LogP contribution in [-0.2, 0) is 18.3 Å². The maximum atomic E-state index is 12.9. The average molecular weight is 360 g/mol. The molecule has 0 unspecified atom stereocenters. The first-order chi connectivity index (χ1) is 12.1. The van der Waals surface area contributed by atoms with E-state index >= 15 is 0 Å². The first-order valence-electron chi connectivity index (χ1n) is 8.74. The molecule has 4 heterocycles. The van der Waals surface area contributed by atoms with Crippen LogP contribution in [0.5, 0.6) is 0 Å². The molecule has 6 nitrogen and oxygen atoms in total. The minimum absolute atomic E-state index is 0.110. The van der Waals surface area contributed by atoms with E-state index in [2.05, 4.69) is 23.1 Å². The van der Waals surface area contributed by atoms with E-state index in [1.165, 1.54) is 16.9 Å². The molecule has 0 aliphatic carbocycles. The van der Waals surface area contributed by atoms with Gasteiger partial charge in [0.25, 0.3) is 5.91 Å². The quantitative estimate of drug-likeness (QED) is 0.837. The molecular weight excluding hydrogens is 336 g/mol. The summed E-state index contributed by atoms with van der Waals surface area (Å²) in [6, 6.07) is 3.97. The topological polar surface area (TPSA) is 50.6 Å². The van der Waals surface area contributed by atoms with Crippen molar-refractivity contribution < 1.29 is 9.53 Å². The van der Waals surface area contributed by atoms with Crippen LogP contribution in [-0.4, -0.2) is 64.4 Å². The number of nitrogens with zero attached hydrogens (tertiary/aromatic N) is 4. The molecule has 0 spiro atoms. The second-order valence-corrected chi connectivity index (χ2v) is 8.05. The number of ether oxygens (including phenoxy) is 1. The van der Waals surface area contributed by atoms with Gasteiger partial charge in [0.1, 0.15) is 0 Å². The lowest BCUT2D eigenvalue weighted by molar-refractivity contribution is 0.0426. The first-order valence-corrected chi connectivity index (χ1v) is 9.62. The van der Waals surface area contributed by atoms with Crippen LogP contribution in [0.15, 0.2) is 23.7 Å². The predicted molar refractivity (Wildman–Crippen MR) is 96.7 cm³/mol. The van der Waals surface area contributed by atoms with E-state index in [-0.39, 0.29) is 11.9 Å². The van der Waals surface area contributed by atoms with Crippen LogP contribution in [0, 0.1) is 12.8 Å². The number of hydrogen-bond acceptors (Lipinski definition) is 5. The Balaban J connectivity index is 1.53. The van der Waals surface area contributed by atoms with Gasteiger partial charge < -0.3 is 9.64 Å². The Morgan fingerprint density at radius 2 is 2.24 bits per heavy atom. The fraction of sp³-hybridized carbons (Fsp3) is 0.556. The molecule has 2 aliphatic heterocycles. The van der Waals surface area contributed by atoms with Gasteiger partial charge in [0.05, 0.1) is 29.8 Å². The lowest BCUT2D eigenvalue weighted by Gasteiger charge is -2.31. The van der Waals surface area contributed by atoms with E-state index in [0.29, 0.717) is 12.5 Å². The highest BCUT2D eigenvalue weighted by atomic mass is 32.1. The van der Waals surface area contributed by atoms with Crippen LogP contribution in [0.3, 0.4) is 0 Å². The fourth-order valence-electron chi connectivity index (χ4n) is 3.90. The lowest BCUT2D eigenvalue weighted by atomic mass is 10.1. The molecule has 7 heteroatoms. The van der Waals surface area contributed by atoms with Crippen molar-refractivity contribution in [2.45, 2.75) is 19.5 Å². The third-order valence-corrected chi connectivity index (χ3v) is 5.90. The molecule has 0 aromatic carbocycles. The average Bonchev–Trinajstić information content (AvgIpc) is 3.09. The van der Waals surface area contributed by atoms with Crippen molar-refractivity contribution in [1.29, 1.82) is 0 Å². The first kappa shape index (κ1) is 16.8. The van der Waals surface area contributed by atoms with Crippen molar-refractivity contribution in [3.8, 4) is 0 Å². The van der Waals surface area contributed by atoms with Gasteiger partial charge in [-0.1, -0.05) is 6.07 Å². The molecule has 2 saturated heterocycles. The monoisotopic (exact) mass is 360 g/mol. The van der Waals surface area contributed by atoms with Crippen molar-refractivity contribution in [1.82, 2.24) is 19.6 Å². The van der Waals surface area contributed by atoms with E-state index < -0.39 is 0 Å². The molecule has 0 radical (unpaired) electrons. The van der Waals surface area contributed by atoms with Crippen molar-refractivity contribution in [2.75, 3.05) is 32.8 Å². The molecule has 2 aromatic heterocycles. The van der Waals surface area contributed by atoms with Gasteiger partial charge in [-0.25, -0.2) is 0 Å². The van der Waals surface area contributed by atoms with Gasteiger partial charge in [-0.2, -0.15) is 5.10 Å². The normalized spacial score (nSPS) is 24.3. The third kappa shape index (κ3) is 3.49. The number of carbonyl (C=O) groups is 1. The second-order valence-electron chi connectivity index (χ2n) is 7.10. The van der Waals surface area contributed by atoms with E-state index in [4.69, 9.17) is 4.74 Å². The Bertz CT molecular complexity index is 742. The number of carbonyl (C=O) groups excluding carboxylic acids is 1. The predicted octanol–water partition coefficient (Wildman–Crippen LogP) is 1.76. The van der Waals surface area contributed by atoms with Crippen LogP contribution in [0.2, 0.25) is 0 Å². The van der Waals surface area contributed by atoms with E-state index in [1.807, 2.05) is 34.1 Å². The molecule has 2 aliphatic rings. The van der Waals surface area contributed by atoms with Gasteiger partial charge in [-0.05, 0) is 18.4 Å². The zero-order valence-corrected chi connectivity index (χ0v) is 15.5. The maximum absolute atomic E-state index is 12.9. The van der Waals surface area contributed by atoms with Crippen LogP contribution >= 0.6 is 11.3 Å². The Kier molecular flexibility index (Phi) is 4.62. The second kappa shape index (κ2) is 6.90. The molecular formula is C18H24N4O2S. The Morgan fingerprint density at radius 1 is 1.36 bits per heavy atom. The number of fused-ring (bicyclic) bond motifs is 3. The van der Waals surface area contributed by atoms with Gasteiger partial charge in [-0.15, -0.1) is 11.3 Å². The van der Waals surface area contributed by atoms with E-state index in [0.717, 1.165) is 43.4 Å². The largest absolute Gasteiger partial charge is 0.379 e. The minimum atomic E-state index is 0.110. The molecule has 2 atom stereocenters. The maximum Gasteiger partial charge on any atom is 0.264 e. The van der Waals surface area contributed by atoms with E-state index in [1.54, 1.807) is 0 Å². The van der Waals surface area contributed by atoms with Gasteiger partial charge in [0.2, 0.25) is 0 Å². The van der Waals surface area contributed by atoms with E-state index in [9.17, 15) is 4.79 Å². The van der Waals surface area contributed by atoms with Crippen LogP contribution in [0.4, 0.5) is 0 Å². The molecule has 2 aromatic rings. The SMILES string of the molecule is Cc1nn(C)cc1CN1C[C@@H]2COC[C@H](C1)N(C(=O)c1cccs1)C2. The summed E-state index contributed by atoms with van der Waals surface area (Å²) >= 11 is 1.52. The molecule has 2 fully saturated rings. The summed E-state index contributed by atoms with van der Waals surface area (Å²) in [7, 11) is 1.96. The molecule has 134 valence electrons. The molecule has 0 saturated carbocycles. The fourth-order valence-corrected chi connectivity index (χ4v) is 4.58. The summed E-state index contributed by atoms with van der Waals surface area (Å²) < 4.78 is 7.73. The van der Waals surface area contributed by atoms with Crippen molar-refractivity contribution in [3.05, 3.63) is 39.8 Å². The van der Waals surface area contributed by atoms with Crippen molar-refractivity contribution >= 4 is 17.2 Å². The number of rotatable bonds is 3. The number of aryl methyl sites for hydroxylation is 2. The van der Waals surface area contributed by atoms with Crippen LogP contribution in [0.1, 0.15) is 20.9 Å². The van der Waals surface area contributed by atoms with Gasteiger partial charge in [0, 0.05) is 50.9 Å². The molecule has 0 N–H and O–H groups in total. The summed E-state index contributed by atoms with van der Waals surface area (Å²) in [6.07, 6.45) is 2.10. The molecule has 2 bridgehead atoms. The summed E-state index contributed by atoms with van der Waals surface area (Å²) in [5, 5.41) is 6.41. The third-order valence-electron chi connectivity index (χ3n) is 5.05. The van der Waals surface area contributed by atoms with Crippen molar-refractivity contribution in [2.24, 2.45) is 13.0 Å². The zero-order valence-electron chi connectivity index (χ0n) is 14.7. The number of amides is 1. The summed E-state index contributed by atoms with van der Waals surface area (Å²) in [5.74, 6) is 0.503. The Labute approximate surface area is 152 Å². The molecule has 4 rings (SSSR count). The molecule has 25 heavy (non-hydrogen) atoms. The summed E-state index contributed by atoms with van der Waals surface area (Å²) in [5.41, 5.74) is 2.35. The van der Waals surface area contributed by atoms with Crippen LogP contribution in [0.25, 0.3) is 0 Å².